The van der Waals surface area contributed by atoms with Crippen molar-refractivity contribution in [2.45, 2.75) is 31.8 Å². The fourth-order valence-electron chi connectivity index (χ4n) is 2.99. The van der Waals surface area contributed by atoms with E-state index in [-0.39, 0.29) is 24.3 Å². The molecule has 1 N–H and O–H groups in total. The molecule has 1 amide bonds. The maximum atomic E-state index is 12.5. The number of morpholine rings is 1. The predicted octanol–water partition coefficient (Wildman–Crippen LogP) is 1.86. The summed E-state index contributed by atoms with van der Waals surface area (Å²) in [6, 6.07) is 2.09. The van der Waals surface area contributed by atoms with Crippen LogP contribution in [0.1, 0.15) is 29.2 Å². The van der Waals surface area contributed by atoms with Crippen molar-refractivity contribution in [3.05, 3.63) is 21.9 Å². The van der Waals surface area contributed by atoms with Gasteiger partial charge in [0.25, 0.3) is 0 Å². The van der Waals surface area contributed by atoms with Crippen molar-refractivity contribution >= 4 is 23.2 Å². The van der Waals surface area contributed by atoms with Gasteiger partial charge in [0, 0.05) is 29.8 Å². The first-order valence-electron chi connectivity index (χ1n) is 7.22. The SMILES string of the molecule is Cc1ccsc1[C@@H]1C[C@H]1C(=O)N1CCO[C@H](CC(=O)O)C1. The normalized spacial score (nSPS) is 28.4. The van der Waals surface area contributed by atoms with Crippen LogP contribution < -0.4 is 0 Å². The highest BCUT2D eigenvalue weighted by Gasteiger charge is 2.47. The Morgan fingerprint density at radius 3 is 3.00 bits per heavy atom. The molecule has 6 heteroatoms. The van der Waals surface area contributed by atoms with Crippen molar-refractivity contribution in [3.63, 3.8) is 0 Å². The monoisotopic (exact) mass is 309 g/mol. The zero-order valence-corrected chi connectivity index (χ0v) is 12.8. The minimum absolute atomic E-state index is 0.0398. The molecule has 0 spiro atoms. The van der Waals surface area contributed by atoms with E-state index in [9.17, 15) is 9.59 Å². The van der Waals surface area contributed by atoms with Gasteiger partial charge in [0.2, 0.25) is 5.91 Å². The Bertz CT molecular complexity index is 556. The van der Waals surface area contributed by atoms with E-state index in [1.54, 1.807) is 16.2 Å². The Balaban J connectivity index is 1.59. The van der Waals surface area contributed by atoms with E-state index in [1.807, 2.05) is 0 Å². The number of nitrogens with zero attached hydrogens (tertiary/aromatic N) is 1. The Morgan fingerprint density at radius 1 is 1.52 bits per heavy atom. The van der Waals surface area contributed by atoms with E-state index >= 15 is 0 Å². The molecule has 21 heavy (non-hydrogen) atoms. The zero-order valence-electron chi connectivity index (χ0n) is 11.9. The summed E-state index contributed by atoms with van der Waals surface area (Å²) in [4.78, 5) is 26.4. The number of rotatable bonds is 4. The van der Waals surface area contributed by atoms with Crippen LogP contribution in [-0.4, -0.2) is 47.7 Å². The summed E-state index contributed by atoms with van der Waals surface area (Å²) in [7, 11) is 0. The van der Waals surface area contributed by atoms with Crippen LogP contribution in [0.25, 0.3) is 0 Å². The van der Waals surface area contributed by atoms with Crippen molar-refractivity contribution in [1.82, 2.24) is 4.90 Å². The minimum Gasteiger partial charge on any atom is -0.481 e. The van der Waals surface area contributed by atoms with Crippen LogP contribution in [0.2, 0.25) is 0 Å². The van der Waals surface area contributed by atoms with Crippen LogP contribution in [0.5, 0.6) is 0 Å². The van der Waals surface area contributed by atoms with Gasteiger partial charge in [-0.25, -0.2) is 0 Å². The molecule has 0 aromatic carbocycles. The second-order valence-corrected chi connectivity index (χ2v) is 6.74. The molecule has 1 aliphatic heterocycles. The van der Waals surface area contributed by atoms with Crippen LogP contribution in [0, 0.1) is 12.8 Å². The molecule has 2 fully saturated rings. The summed E-state index contributed by atoms with van der Waals surface area (Å²) in [5.74, 6) is -0.288. The van der Waals surface area contributed by atoms with Crippen LogP contribution in [0.15, 0.2) is 11.4 Å². The van der Waals surface area contributed by atoms with E-state index in [2.05, 4.69) is 18.4 Å². The first-order chi connectivity index (χ1) is 10.1. The van der Waals surface area contributed by atoms with Gasteiger partial charge in [-0.05, 0) is 30.4 Å². The lowest BCUT2D eigenvalue weighted by molar-refractivity contribution is -0.148. The van der Waals surface area contributed by atoms with Crippen molar-refractivity contribution in [2.24, 2.45) is 5.92 Å². The summed E-state index contributed by atoms with van der Waals surface area (Å²) in [6.07, 6.45) is 0.504. The maximum absolute atomic E-state index is 12.5. The quantitative estimate of drug-likeness (QED) is 0.922. The largest absolute Gasteiger partial charge is 0.481 e. The lowest BCUT2D eigenvalue weighted by atomic mass is 10.1. The number of hydrogen-bond acceptors (Lipinski definition) is 4. The lowest BCUT2D eigenvalue weighted by Crippen LogP contribution is -2.47. The lowest BCUT2D eigenvalue weighted by Gasteiger charge is -2.32. The number of aryl methyl sites for hydroxylation is 1. The van der Waals surface area contributed by atoms with Gasteiger partial charge >= 0.3 is 5.97 Å². The van der Waals surface area contributed by atoms with Gasteiger partial charge in [-0.3, -0.25) is 9.59 Å². The molecule has 0 bridgehead atoms. The molecule has 1 aromatic rings. The number of carbonyl (C=O) groups excluding carboxylic acids is 1. The van der Waals surface area contributed by atoms with Crippen molar-refractivity contribution < 1.29 is 19.4 Å². The predicted molar refractivity (Wildman–Crippen MR) is 78.5 cm³/mol. The molecular weight excluding hydrogens is 290 g/mol. The van der Waals surface area contributed by atoms with Gasteiger partial charge < -0.3 is 14.7 Å². The first-order valence-corrected chi connectivity index (χ1v) is 8.10. The van der Waals surface area contributed by atoms with Gasteiger partial charge in [0.05, 0.1) is 19.1 Å². The molecule has 5 nitrogen and oxygen atoms in total. The molecule has 0 unspecified atom stereocenters. The number of thiophene rings is 1. The molecule has 114 valence electrons. The van der Waals surface area contributed by atoms with Crippen LogP contribution in [0.3, 0.4) is 0 Å². The van der Waals surface area contributed by atoms with Gasteiger partial charge in [-0.1, -0.05) is 0 Å². The van der Waals surface area contributed by atoms with E-state index < -0.39 is 5.97 Å². The zero-order chi connectivity index (χ0) is 15.0. The van der Waals surface area contributed by atoms with Crippen LogP contribution in [0.4, 0.5) is 0 Å². The summed E-state index contributed by atoms with van der Waals surface area (Å²) in [5.41, 5.74) is 1.27. The number of carbonyl (C=O) groups is 2. The van der Waals surface area contributed by atoms with E-state index in [4.69, 9.17) is 9.84 Å². The van der Waals surface area contributed by atoms with Crippen molar-refractivity contribution in [3.8, 4) is 0 Å². The third-order valence-electron chi connectivity index (χ3n) is 4.20. The molecule has 3 rings (SSSR count). The average Bonchev–Trinajstić information content (AvgIpc) is 3.12. The summed E-state index contributed by atoms with van der Waals surface area (Å²) in [6.45, 7) is 3.49. The van der Waals surface area contributed by atoms with E-state index in [1.165, 1.54) is 10.4 Å². The second-order valence-electron chi connectivity index (χ2n) is 5.79. The number of carboxylic acid groups (broad SMARTS) is 1. The van der Waals surface area contributed by atoms with Crippen LogP contribution >= 0.6 is 11.3 Å². The molecule has 1 saturated heterocycles. The van der Waals surface area contributed by atoms with Gasteiger partial charge in [0.15, 0.2) is 0 Å². The minimum atomic E-state index is -0.882. The number of aliphatic carboxylic acids is 1. The van der Waals surface area contributed by atoms with Crippen molar-refractivity contribution in [2.75, 3.05) is 19.7 Å². The molecule has 1 aliphatic carbocycles. The van der Waals surface area contributed by atoms with Gasteiger partial charge in [-0.15, -0.1) is 11.3 Å². The topological polar surface area (TPSA) is 66.8 Å². The Morgan fingerprint density at radius 2 is 2.33 bits per heavy atom. The summed E-state index contributed by atoms with van der Waals surface area (Å²) < 4.78 is 5.41. The molecule has 3 atom stereocenters. The van der Waals surface area contributed by atoms with Gasteiger partial charge in [-0.2, -0.15) is 0 Å². The van der Waals surface area contributed by atoms with E-state index in [0.29, 0.717) is 25.6 Å². The molecule has 0 radical (unpaired) electrons. The number of carboxylic acids is 1. The molecule has 2 aliphatic rings. The third-order valence-corrected chi connectivity index (χ3v) is 5.35. The fraction of sp³-hybridized carbons (Fsp3) is 0.600. The Kier molecular flexibility index (Phi) is 3.99. The van der Waals surface area contributed by atoms with E-state index in [0.717, 1.165) is 6.42 Å². The molecule has 1 saturated carbocycles. The van der Waals surface area contributed by atoms with Gasteiger partial charge in [0.1, 0.15) is 0 Å². The second kappa shape index (κ2) is 5.77. The summed E-state index contributed by atoms with van der Waals surface area (Å²) >= 11 is 1.72. The smallest absolute Gasteiger partial charge is 0.306 e. The highest BCUT2D eigenvalue weighted by molar-refractivity contribution is 7.10. The standard InChI is InChI=1S/C15H19NO4S/c1-9-2-5-21-14(9)11-7-12(11)15(19)16-3-4-20-10(8-16)6-13(17)18/h2,5,10-12H,3-4,6-8H2,1H3,(H,17,18)/t10-,11-,12-/m1/s1. The fourth-order valence-corrected chi connectivity index (χ4v) is 4.10. The average molecular weight is 309 g/mol. The first kappa shape index (κ1) is 14.5. The number of amides is 1. The Labute approximate surface area is 127 Å². The number of ether oxygens (including phenoxy) is 1. The third kappa shape index (κ3) is 3.11. The summed E-state index contributed by atoms with van der Waals surface area (Å²) in [5, 5.41) is 10.9. The highest BCUT2D eigenvalue weighted by atomic mass is 32.1. The molecular formula is C15H19NO4S. The molecule has 2 heterocycles. The van der Waals surface area contributed by atoms with Crippen LogP contribution in [-0.2, 0) is 14.3 Å². The number of hydrogen-bond donors (Lipinski definition) is 1. The van der Waals surface area contributed by atoms with Crippen molar-refractivity contribution in [1.29, 1.82) is 0 Å². The Hall–Kier alpha value is -1.40. The highest BCUT2D eigenvalue weighted by Crippen LogP contribution is 2.51. The molecule has 1 aromatic heterocycles. The maximum Gasteiger partial charge on any atom is 0.306 e.